The van der Waals surface area contributed by atoms with Crippen molar-refractivity contribution in [3.8, 4) is 11.5 Å². The molecule has 0 unspecified atom stereocenters. The molecular formula is C21H19N5O. The Kier molecular flexibility index (Phi) is 4.78. The van der Waals surface area contributed by atoms with Crippen molar-refractivity contribution in [1.29, 1.82) is 0 Å². The molecule has 0 saturated carbocycles. The predicted molar refractivity (Wildman–Crippen MR) is 107 cm³/mol. The largest absolute Gasteiger partial charge is 0.456 e. The zero-order chi connectivity index (χ0) is 18.5. The lowest BCUT2D eigenvalue weighted by molar-refractivity contribution is 0.479. The van der Waals surface area contributed by atoms with Crippen molar-refractivity contribution < 1.29 is 4.74 Å². The summed E-state index contributed by atoms with van der Waals surface area (Å²) in [5, 5.41) is 4.30. The van der Waals surface area contributed by atoms with Gasteiger partial charge in [0, 0.05) is 23.8 Å². The molecule has 0 radical (unpaired) electrons. The third kappa shape index (κ3) is 4.12. The van der Waals surface area contributed by atoms with Crippen molar-refractivity contribution in [3.05, 3.63) is 78.9 Å². The molecule has 0 bridgehead atoms. The molecule has 0 saturated heterocycles. The van der Waals surface area contributed by atoms with Crippen LogP contribution in [0.1, 0.15) is 5.56 Å². The molecule has 27 heavy (non-hydrogen) atoms. The Bertz CT molecular complexity index is 1050. The molecule has 2 aromatic heterocycles. The van der Waals surface area contributed by atoms with Gasteiger partial charge in [0.15, 0.2) is 0 Å². The number of nitrogens with zero attached hydrogens (tertiary/aromatic N) is 3. The highest BCUT2D eigenvalue weighted by Gasteiger charge is 2.04. The number of nitrogen functional groups attached to an aromatic ring is 1. The molecule has 3 N–H and O–H groups in total. The first-order valence-corrected chi connectivity index (χ1v) is 8.69. The molecule has 4 rings (SSSR count). The van der Waals surface area contributed by atoms with Gasteiger partial charge >= 0.3 is 0 Å². The molecular weight excluding hydrogens is 338 g/mol. The van der Waals surface area contributed by atoms with E-state index in [1.165, 1.54) is 5.56 Å². The number of ether oxygens (including phenoxy) is 1. The van der Waals surface area contributed by atoms with Crippen molar-refractivity contribution in [2.75, 3.05) is 17.6 Å². The topological polar surface area (TPSA) is 86.0 Å². The molecule has 4 aromatic rings. The number of rotatable bonds is 6. The van der Waals surface area contributed by atoms with Crippen molar-refractivity contribution in [1.82, 2.24) is 15.0 Å². The number of benzene rings is 2. The van der Waals surface area contributed by atoms with Crippen LogP contribution in [0.4, 0.5) is 11.5 Å². The molecule has 134 valence electrons. The highest BCUT2D eigenvalue weighted by atomic mass is 16.5. The lowest BCUT2D eigenvalue weighted by Crippen LogP contribution is -2.07. The van der Waals surface area contributed by atoms with E-state index < -0.39 is 0 Å². The fourth-order valence-corrected chi connectivity index (χ4v) is 2.85. The molecule has 0 aliphatic rings. The van der Waals surface area contributed by atoms with Gasteiger partial charge < -0.3 is 15.8 Å². The second-order valence-electron chi connectivity index (χ2n) is 6.11. The van der Waals surface area contributed by atoms with Gasteiger partial charge in [0.1, 0.15) is 23.6 Å². The first kappa shape index (κ1) is 16.8. The summed E-state index contributed by atoms with van der Waals surface area (Å²) in [4.78, 5) is 12.7. The second kappa shape index (κ2) is 7.70. The van der Waals surface area contributed by atoms with Gasteiger partial charge in [0.2, 0.25) is 0 Å². The standard InChI is InChI=1S/C21H19N5O/c22-16-6-7-20-19(12-16)21(26-14-25-20)24-10-8-15-3-1-4-17(11-15)27-18-5-2-9-23-13-18/h1-7,9,11-14H,8,10,22H2,(H,24,25,26). The average Bonchev–Trinajstić information content (AvgIpc) is 2.69. The minimum absolute atomic E-state index is 0.695. The predicted octanol–water partition coefficient (Wildman–Crippen LogP) is 4.05. The van der Waals surface area contributed by atoms with Gasteiger partial charge in [-0.3, -0.25) is 4.98 Å². The summed E-state index contributed by atoms with van der Waals surface area (Å²) in [5.74, 6) is 2.30. The van der Waals surface area contributed by atoms with E-state index in [0.29, 0.717) is 5.69 Å². The number of hydrogen-bond donors (Lipinski definition) is 2. The summed E-state index contributed by atoms with van der Waals surface area (Å²) in [6.45, 7) is 0.733. The van der Waals surface area contributed by atoms with Gasteiger partial charge in [0.05, 0.1) is 11.7 Å². The smallest absolute Gasteiger partial charge is 0.145 e. The highest BCUT2D eigenvalue weighted by Crippen LogP contribution is 2.23. The van der Waals surface area contributed by atoms with E-state index in [-0.39, 0.29) is 0 Å². The van der Waals surface area contributed by atoms with Crippen LogP contribution < -0.4 is 15.8 Å². The minimum atomic E-state index is 0.695. The van der Waals surface area contributed by atoms with Gasteiger partial charge in [-0.2, -0.15) is 0 Å². The Morgan fingerprint density at radius 1 is 0.963 bits per heavy atom. The second-order valence-corrected chi connectivity index (χ2v) is 6.11. The first-order chi connectivity index (χ1) is 13.3. The summed E-state index contributed by atoms with van der Waals surface area (Å²) in [7, 11) is 0. The van der Waals surface area contributed by atoms with Gasteiger partial charge in [0.25, 0.3) is 0 Å². The maximum atomic E-state index is 5.89. The first-order valence-electron chi connectivity index (χ1n) is 8.69. The molecule has 0 amide bonds. The number of anilines is 2. The maximum absolute atomic E-state index is 5.89. The van der Waals surface area contributed by atoms with E-state index in [0.717, 1.165) is 41.2 Å². The normalized spacial score (nSPS) is 10.7. The highest BCUT2D eigenvalue weighted by molar-refractivity contribution is 5.91. The fraction of sp³-hybridized carbons (Fsp3) is 0.0952. The van der Waals surface area contributed by atoms with Crippen LogP contribution in [0, 0.1) is 0 Å². The van der Waals surface area contributed by atoms with E-state index in [4.69, 9.17) is 10.5 Å². The van der Waals surface area contributed by atoms with Gasteiger partial charge in [-0.05, 0) is 54.4 Å². The third-order valence-electron chi connectivity index (χ3n) is 4.13. The Morgan fingerprint density at radius 3 is 2.78 bits per heavy atom. The number of nitrogens with one attached hydrogen (secondary N) is 1. The molecule has 2 heterocycles. The zero-order valence-electron chi connectivity index (χ0n) is 14.7. The molecule has 0 atom stereocenters. The Labute approximate surface area is 157 Å². The van der Waals surface area contributed by atoms with E-state index >= 15 is 0 Å². The van der Waals surface area contributed by atoms with Crippen LogP contribution in [0.15, 0.2) is 73.3 Å². The SMILES string of the molecule is Nc1ccc2ncnc(NCCc3cccc(Oc4cccnc4)c3)c2c1. The minimum Gasteiger partial charge on any atom is -0.456 e. The summed E-state index contributed by atoms with van der Waals surface area (Å²) >= 11 is 0. The molecule has 2 aromatic carbocycles. The Balaban J connectivity index is 1.42. The van der Waals surface area contributed by atoms with Crippen molar-refractivity contribution >= 4 is 22.4 Å². The Hall–Kier alpha value is -3.67. The Morgan fingerprint density at radius 2 is 1.89 bits per heavy atom. The van der Waals surface area contributed by atoms with Crippen LogP contribution in [0.3, 0.4) is 0 Å². The van der Waals surface area contributed by atoms with Crippen LogP contribution in [0.25, 0.3) is 10.9 Å². The van der Waals surface area contributed by atoms with Crippen LogP contribution in [-0.2, 0) is 6.42 Å². The van der Waals surface area contributed by atoms with Crippen LogP contribution in [-0.4, -0.2) is 21.5 Å². The lowest BCUT2D eigenvalue weighted by atomic mass is 10.1. The molecule has 6 nitrogen and oxygen atoms in total. The molecule has 6 heteroatoms. The van der Waals surface area contributed by atoms with Crippen molar-refractivity contribution in [3.63, 3.8) is 0 Å². The quantitative estimate of drug-likeness (QED) is 0.506. The molecule has 0 aliphatic carbocycles. The number of aromatic nitrogens is 3. The van der Waals surface area contributed by atoms with Crippen LogP contribution in [0.5, 0.6) is 11.5 Å². The monoisotopic (exact) mass is 357 g/mol. The van der Waals surface area contributed by atoms with Crippen molar-refractivity contribution in [2.45, 2.75) is 6.42 Å². The van der Waals surface area contributed by atoms with Gasteiger partial charge in [-0.25, -0.2) is 9.97 Å². The van der Waals surface area contributed by atoms with Gasteiger partial charge in [-0.15, -0.1) is 0 Å². The summed E-state index contributed by atoms with van der Waals surface area (Å²) in [5.41, 5.74) is 8.62. The number of fused-ring (bicyclic) bond motifs is 1. The molecule has 0 spiro atoms. The summed E-state index contributed by atoms with van der Waals surface area (Å²) in [6.07, 6.45) is 5.81. The zero-order valence-corrected chi connectivity index (χ0v) is 14.7. The molecule has 0 aliphatic heterocycles. The van der Waals surface area contributed by atoms with E-state index in [1.807, 2.05) is 48.5 Å². The number of nitrogens with two attached hydrogens (primary N) is 1. The number of pyridine rings is 1. The van der Waals surface area contributed by atoms with Crippen LogP contribution in [0.2, 0.25) is 0 Å². The van der Waals surface area contributed by atoms with Crippen LogP contribution >= 0.6 is 0 Å². The third-order valence-corrected chi connectivity index (χ3v) is 4.13. The number of hydrogen-bond acceptors (Lipinski definition) is 6. The molecule has 0 fully saturated rings. The van der Waals surface area contributed by atoms with E-state index in [2.05, 4.69) is 26.3 Å². The fourth-order valence-electron chi connectivity index (χ4n) is 2.85. The van der Waals surface area contributed by atoms with E-state index in [1.54, 1.807) is 18.7 Å². The summed E-state index contributed by atoms with van der Waals surface area (Å²) < 4.78 is 5.84. The van der Waals surface area contributed by atoms with E-state index in [9.17, 15) is 0 Å². The summed E-state index contributed by atoms with van der Waals surface area (Å²) in [6, 6.07) is 17.4. The van der Waals surface area contributed by atoms with Crippen molar-refractivity contribution in [2.24, 2.45) is 0 Å². The van der Waals surface area contributed by atoms with Gasteiger partial charge in [-0.1, -0.05) is 12.1 Å². The average molecular weight is 357 g/mol. The lowest BCUT2D eigenvalue weighted by Gasteiger charge is -2.10. The maximum Gasteiger partial charge on any atom is 0.145 e.